The minimum absolute atomic E-state index is 0.200. The van der Waals surface area contributed by atoms with Gasteiger partial charge in [0.15, 0.2) is 5.82 Å². The molecular weight excluding hydrogens is 408 g/mol. The summed E-state index contributed by atoms with van der Waals surface area (Å²) in [4.78, 5) is 26.5. The number of nitrogens with one attached hydrogen (secondary N) is 1. The fourth-order valence-corrected chi connectivity index (χ4v) is 6.17. The molecule has 0 saturated carbocycles. The number of thiophene rings is 1. The Kier molecular flexibility index (Phi) is 4.69. The normalized spacial score (nSPS) is 17.9. The Hall–Kier alpha value is -2.84. The number of rotatable bonds is 4. The number of hydrogen-bond acceptors (Lipinski definition) is 7. The van der Waals surface area contributed by atoms with Crippen LogP contribution in [0.25, 0.3) is 21.6 Å². The number of aliphatic hydroxyl groups is 1. The number of aromatic nitrogens is 5. The van der Waals surface area contributed by atoms with Gasteiger partial charge in [0.25, 0.3) is 0 Å². The zero-order valence-electron chi connectivity index (χ0n) is 17.2. The molecule has 0 amide bonds. The number of piperidine rings is 1. The first-order chi connectivity index (χ1) is 15.3. The van der Waals surface area contributed by atoms with Crippen LogP contribution < -0.4 is 4.90 Å². The summed E-state index contributed by atoms with van der Waals surface area (Å²) in [5, 5.41) is 12.0. The molecule has 8 heteroatoms. The lowest BCUT2D eigenvalue weighted by atomic mass is 9.90. The van der Waals surface area contributed by atoms with E-state index in [2.05, 4.69) is 19.9 Å². The van der Waals surface area contributed by atoms with E-state index in [0.717, 1.165) is 60.8 Å². The number of H-pyrrole nitrogens is 1. The number of fused-ring (bicyclic) bond motifs is 3. The lowest BCUT2D eigenvalue weighted by molar-refractivity contribution is 0.0856. The van der Waals surface area contributed by atoms with Gasteiger partial charge in [-0.3, -0.25) is 4.98 Å². The molecule has 31 heavy (non-hydrogen) atoms. The predicted molar refractivity (Wildman–Crippen MR) is 121 cm³/mol. The minimum Gasteiger partial charge on any atom is -0.385 e. The third kappa shape index (κ3) is 3.30. The van der Waals surface area contributed by atoms with Gasteiger partial charge in [-0.2, -0.15) is 0 Å². The van der Waals surface area contributed by atoms with Gasteiger partial charge >= 0.3 is 0 Å². The Balaban J connectivity index is 1.35. The zero-order chi connectivity index (χ0) is 20.8. The topological polar surface area (TPSA) is 90.8 Å². The first-order valence-electron chi connectivity index (χ1n) is 10.9. The van der Waals surface area contributed by atoms with Crippen LogP contribution in [0.2, 0.25) is 0 Å². The summed E-state index contributed by atoms with van der Waals surface area (Å²) >= 11 is 1.83. The molecule has 1 saturated heterocycles. The van der Waals surface area contributed by atoms with Crippen molar-refractivity contribution in [1.82, 2.24) is 24.9 Å². The Bertz CT molecular complexity index is 1200. The number of pyridine rings is 1. The number of hydrogen-bond donors (Lipinski definition) is 2. The molecule has 7 nitrogen and oxygen atoms in total. The van der Waals surface area contributed by atoms with E-state index in [1.54, 1.807) is 18.6 Å². The van der Waals surface area contributed by atoms with Gasteiger partial charge in [0.1, 0.15) is 22.6 Å². The van der Waals surface area contributed by atoms with Crippen LogP contribution in [0.4, 0.5) is 5.82 Å². The van der Waals surface area contributed by atoms with Gasteiger partial charge in [0.05, 0.1) is 5.39 Å². The fourth-order valence-electron chi connectivity index (χ4n) is 4.92. The molecule has 0 radical (unpaired) electrons. The SMILES string of the molecule is OC(c1ncc[nH]1)C1CCN(c2nc(-c3cccnc3)nc3sc4c(c23)CCC4)CC1. The number of imidazole rings is 1. The summed E-state index contributed by atoms with van der Waals surface area (Å²) in [6, 6.07) is 3.95. The van der Waals surface area contributed by atoms with Crippen molar-refractivity contribution in [3.05, 3.63) is 53.2 Å². The van der Waals surface area contributed by atoms with Gasteiger partial charge in [-0.1, -0.05) is 0 Å². The van der Waals surface area contributed by atoms with Crippen LogP contribution in [0.5, 0.6) is 0 Å². The molecule has 4 aromatic heterocycles. The third-order valence-corrected chi connectivity index (χ3v) is 7.74. The van der Waals surface area contributed by atoms with Crippen LogP contribution in [0.3, 0.4) is 0 Å². The van der Waals surface area contributed by atoms with Crippen molar-refractivity contribution in [1.29, 1.82) is 0 Å². The average molecular weight is 433 g/mol. The van der Waals surface area contributed by atoms with Crippen molar-refractivity contribution in [3.8, 4) is 11.4 Å². The number of anilines is 1. The van der Waals surface area contributed by atoms with Crippen molar-refractivity contribution >= 4 is 27.4 Å². The Morgan fingerprint density at radius 2 is 2.06 bits per heavy atom. The van der Waals surface area contributed by atoms with E-state index in [-0.39, 0.29) is 5.92 Å². The second-order valence-electron chi connectivity index (χ2n) is 8.39. The maximum atomic E-state index is 10.7. The van der Waals surface area contributed by atoms with Gasteiger partial charge < -0.3 is 15.0 Å². The van der Waals surface area contributed by atoms with E-state index in [4.69, 9.17) is 9.97 Å². The smallest absolute Gasteiger partial charge is 0.164 e. The highest BCUT2D eigenvalue weighted by molar-refractivity contribution is 7.19. The zero-order valence-corrected chi connectivity index (χ0v) is 18.0. The molecule has 158 valence electrons. The summed E-state index contributed by atoms with van der Waals surface area (Å²) in [7, 11) is 0. The van der Waals surface area contributed by atoms with Gasteiger partial charge in [-0.05, 0) is 55.7 Å². The van der Waals surface area contributed by atoms with E-state index in [0.29, 0.717) is 5.82 Å². The van der Waals surface area contributed by atoms with Crippen LogP contribution >= 0.6 is 11.3 Å². The van der Waals surface area contributed by atoms with E-state index < -0.39 is 6.10 Å². The summed E-state index contributed by atoms with van der Waals surface area (Å²) in [6.07, 6.45) is 11.8. The predicted octanol–water partition coefficient (Wildman–Crippen LogP) is 3.92. The summed E-state index contributed by atoms with van der Waals surface area (Å²) in [5.41, 5.74) is 2.40. The van der Waals surface area contributed by atoms with Gasteiger partial charge in [-0.15, -0.1) is 11.3 Å². The molecule has 2 N–H and O–H groups in total. The van der Waals surface area contributed by atoms with E-state index >= 15 is 0 Å². The molecule has 1 aliphatic heterocycles. The lowest BCUT2D eigenvalue weighted by Crippen LogP contribution is -2.36. The van der Waals surface area contributed by atoms with Crippen molar-refractivity contribution in [3.63, 3.8) is 0 Å². The first-order valence-corrected chi connectivity index (χ1v) is 11.7. The van der Waals surface area contributed by atoms with Crippen molar-refractivity contribution in [2.75, 3.05) is 18.0 Å². The Labute approximate surface area is 184 Å². The summed E-state index contributed by atoms with van der Waals surface area (Å²) in [5.74, 6) is 2.66. The Morgan fingerprint density at radius 1 is 1.16 bits per heavy atom. The van der Waals surface area contributed by atoms with Crippen molar-refractivity contribution in [2.24, 2.45) is 5.92 Å². The molecule has 1 fully saturated rings. The highest BCUT2D eigenvalue weighted by atomic mass is 32.1. The van der Waals surface area contributed by atoms with Crippen molar-refractivity contribution < 1.29 is 5.11 Å². The number of aryl methyl sites for hydroxylation is 2. The maximum Gasteiger partial charge on any atom is 0.164 e. The molecule has 1 unspecified atom stereocenters. The molecule has 2 aliphatic rings. The van der Waals surface area contributed by atoms with Gasteiger partial charge in [-0.25, -0.2) is 15.0 Å². The average Bonchev–Trinajstić information content (AvgIpc) is 3.56. The van der Waals surface area contributed by atoms with Crippen LogP contribution in [0.15, 0.2) is 36.9 Å². The molecule has 0 spiro atoms. The molecule has 0 aromatic carbocycles. The van der Waals surface area contributed by atoms with Crippen LogP contribution in [-0.2, 0) is 12.8 Å². The van der Waals surface area contributed by atoms with Gasteiger partial charge in [0.2, 0.25) is 0 Å². The van der Waals surface area contributed by atoms with Crippen LogP contribution in [0.1, 0.15) is 41.6 Å². The van der Waals surface area contributed by atoms with Crippen molar-refractivity contribution in [2.45, 2.75) is 38.2 Å². The molecule has 4 aromatic rings. The van der Waals surface area contributed by atoms with Gasteiger partial charge in [0, 0.05) is 48.3 Å². The quantitative estimate of drug-likeness (QED) is 0.508. The lowest BCUT2D eigenvalue weighted by Gasteiger charge is -2.35. The molecule has 1 atom stereocenters. The molecule has 5 heterocycles. The molecule has 6 rings (SSSR count). The van der Waals surface area contributed by atoms with Crippen LogP contribution in [0, 0.1) is 5.92 Å². The van der Waals surface area contributed by atoms with Crippen LogP contribution in [-0.4, -0.2) is 43.1 Å². The van der Waals surface area contributed by atoms with E-state index in [9.17, 15) is 5.11 Å². The molecular formula is C23H24N6OS. The second-order valence-corrected chi connectivity index (χ2v) is 9.48. The number of aliphatic hydroxyl groups excluding tert-OH is 1. The number of nitrogens with zero attached hydrogens (tertiary/aromatic N) is 5. The highest BCUT2D eigenvalue weighted by Crippen LogP contribution is 2.42. The van der Waals surface area contributed by atoms with E-state index in [1.807, 2.05) is 29.7 Å². The Morgan fingerprint density at radius 3 is 2.84 bits per heavy atom. The molecule has 1 aliphatic carbocycles. The number of aromatic amines is 1. The largest absolute Gasteiger partial charge is 0.385 e. The maximum absolute atomic E-state index is 10.7. The summed E-state index contributed by atoms with van der Waals surface area (Å²) in [6.45, 7) is 1.73. The fraction of sp³-hybridized carbons (Fsp3) is 0.391. The standard InChI is InChI=1S/C23H24N6OS/c30-19(21-25-9-10-26-21)14-6-11-29(12-7-14)22-18-16-4-1-5-17(16)31-23(18)28-20(27-22)15-3-2-8-24-13-15/h2-3,8-10,13-14,19,30H,1,4-7,11-12H2,(H,25,26). The van der Waals surface area contributed by atoms with E-state index in [1.165, 1.54) is 22.2 Å². The monoisotopic (exact) mass is 432 g/mol. The third-order valence-electron chi connectivity index (χ3n) is 6.55. The second kappa shape index (κ2) is 7.69. The summed E-state index contributed by atoms with van der Waals surface area (Å²) < 4.78 is 0. The highest BCUT2D eigenvalue weighted by Gasteiger charge is 2.31. The molecule has 0 bridgehead atoms. The minimum atomic E-state index is -0.543. The first kappa shape index (κ1) is 18.9.